The lowest BCUT2D eigenvalue weighted by molar-refractivity contribution is -0.131. The van der Waals surface area contributed by atoms with Gasteiger partial charge in [-0.05, 0) is 5.92 Å². The molecule has 1 aromatic rings. The molecular formula is C13H20N4O3. The van der Waals surface area contributed by atoms with Gasteiger partial charge < -0.3 is 10.1 Å². The van der Waals surface area contributed by atoms with E-state index in [1.807, 2.05) is 13.8 Å². The van der Waals surface area contributed by atoms with E-state index < -0.39 is 6.04 Å². The van der Waals surface area contributed by atoms with Gasteiger partial charge in [-0.25, -0.2) is 0 Å². The molecule has 20 heavy (non-hydrogen) atoms. The highest BCUT2D eigenvalue weighted by molar-refractivity contribution is 6.06. The lowest BCUT2D eigenvalue weighted by Gasteiger charge is -2.36. The van der Waals surface area contributed by atoms with Crippen LogP contribution < -0.4 is 10.2 Å². The van der Waals surface area contributed by atoms with Crippen molar-refractivity contribution in [2.24, 2.45) is 5.92 Å². The van der Waals surface area contributed by atoms with Crippen molar-refractivity contribution < 1.29 is 14.3 Å². The molecule has 1 N–H and O–H groups in total. The van der Waals surface area contributed by atoms with Crippen LogP contribution in [0.5, 0.6) is 0 Å². The maximum absolute atomic E-state index is 12.1. The number of hydrogen-bond donors (Lipinski definition) is 1. The van der Waals surface area contributed by atoms with Crippen LogP contribution in [0.15, 0.2) is 12.4 Å². The molecule has 0 spiro atoms. The Morgan fingerprint density at radius 1 is 1.50 bits per heavy atom. The molecule has 2 heterocycles. The first kappa shape index (κ1) is 14.5. The summed E-state index contributed by atoms with van der Waals surface area (Å²) in [4.78, 5) is 25.7. The van der Waals surface area contributed by atoms with Crippen molar-refractivity contribution in [2.75, 3.05) is 25.2 Å². The second-order valence-electron chi connectivity index (χ2n) is 5.12. The van der Waals surface area contributed by atoms with Gasteiger partial charge in [0.05, 0.1) is 31.6 Å². The lowest BCUT2D eigenvalue weighted by atomic mass is 9.99. The molecule has 1 aliphatic rings. The summed E-state index contributed by atoms with van der Waals surface area (Å²) in [6.45, 7) is 5.03. The fourth-order valence-electron chi connectivity index (χ4n) is 2.31. The molecule has 7 nitrogen and oxygen atoms in total. The van der Waals surface area contributed by atoms with Gasteiger partial charge in [-0.3, -0.25) is 19.2 Å². The minimum atomic E-state index is -0.490. The van der Waals surface area contributed by atoms with Crippen molar-refractivity contribution in [2.45, 2.75) is 26.4 Å². The van der Waals surface area contributed by atoms with E-state index in [4.69, 9.17) is 4.74 Å². The molecule has 1 saturated heterocycles. The van der Waals surface area contributed by atoms with Crippen molar-refractivity contribution in [1.82, 2.24) is 15.1 Å². The molecule has 1 aromatic heterocycles. The summed E-state index contributed by atoms with van der Waals surface area (Å²) in [6, 6.07) is -0.490. The molecular weight excluding hydrogens is 260 g/mol. The van der Waals surface area contributed by atoms with E-state index in [0.29, 0.717) is 18.8 Å². The van der Waals surface area contributed by atoms with Gasteiger partial charge in [-0.1, -0.05) is 13.8 Å². The van der Waals surface area contributed by atoms with Gasteiger partial charge in [0.1, 0.15) is 6.04 Å². The van der Waals surface area contributed by atoms with E-state index in [1.165, 1.54) is 0 Å². The highest BCUT2D eigenvalue weighted by Crippen LogP contribution is 2.23. The molecule has 1 fully saturated rings. The van der Waals surface area contributed by atoms with Crippen molar-refractivity contribution in [3.63, 3.8) is 0 Å². The standard InChI is InChI=1S/C13H20N4O3/c1-9(2)12-13(19)14-7-11(18)17(12)10-6-15-16(8-10)4-5-20-3/h6,8-9,12H,4-5,7H2,1-3H3,(H,14,19). The number of carbonyl (C=O) groups excluding carboxylic acids is 2. The molecule has 0 aromatic carbocycles. The number of nitrogens with zero attached hydrogens (tertiary/aromatic N) is 3. The number of rotatable bonds is 5. The van der Waals surface area contributed by atoms with Crippen molar-refractivity contribution >= 4 is 17.5 Å². The fourth-order valence-corrected chi connectivity index (χ4v) is 2.31. The Morgan fingerprint density at radius 2 is 2.25 bits per heavy atom. The van der Waals surface area contributed by atoms with Crippen molar-refractivity contribution in [1.29, 1.82) is 0 Å². The number of piperazine rings is 1. The Labute approximate surface area is 117 Å². The summed E-state index contributed by atoms with van der Waals surface area (Å²) in [5.74, 6) is -0.208. The molecule has 1 unspecified atom stereocenters. The van der Waals surface area contributed by atoms with Crippen LogP contribution in [-0.4, -0.2) is 47.9 Å². The molecule has 2 amide bonds. The predicted molar refractivity (Wildman–Crippen MR) is 73.2 cm³/mol. The number of hydrogen-bond acceptors (Lipinski definition) is 4. The zero-order valence-corrected chi connectivity index (χ0v) is 12.0. The minimum absolute atomic E-state index is 0.0292. The van der Waals surface area contributed by atoms with Gasteiger partial charge in [0.15, 0.2) is 0 Å². The SMILES string of the molecule is COCCn1cc(N2C(=O)CNC(=O)C2C(C)C)cn1. The third-order valence-corrected chi connectivity index (χ3v) is 3.28. The summed E-state index contributed by atoms with van der Waals surface area (Å²) in [5, 5.41) is 6.82. The van der Waals surface area contributed by atoms with Crippen LogP contribution in [0, 0.1) is 5.92 Å². The van der Waals surface area contributed by atoms with Gasteiger partial charge >= 0.3 is 0 Å². The molecule has 0 aliphatic carbocycles. The lowest BCUT2D eigenvalue weighted by Crippen LogP contribution is -2.60. The van der Waals surface area contributed by atoms with Crippen LogP contribution in [0.3, 0.4) is 0 Å². The maximum atomic E-state index is 12.1. The number of nitrogens with one attached hydrogen (secondary N) is 1. The smallest absolute Gasteiger partial charge is 0.247 e. The normalized spacial score (nSPS) is 19.6. The number of anilines is 1. The molecule has 0 saturated carbocycles. The fraction of sp³-hybridized carbons (Fsp3) is 0.615. The van der Waals surface area contributed by atoms with Gasteiger partial charge in [-0.15, -0.1) is 0 Å². The number of amides is 2. The van der Waals surface area contributed by atoms with Gasteiger partial charge in [0, 0.05) is 13.3 Å². The van der Waals surface area contributed by atoms with Gasteiger partial charge in [0.25, 0.3) is 0 Å². The molecule has 1 atom stereocenters. The third-order valence-electron chi connectivity index (χ3n) is 3.28. The second kappa shape index (κ2) is 6.04. The minimum Gasteiger partial charge on any atom is -0.383 e. The number of ether oxygens (including phenoxy) is 1. The average Bonchev–Trinajstić information content (AvgIpc) is 2.86. The highest BCUT2D eigenvalue weighted by Gasteiger charge is 2.37. The number of methoxy groups -OCH3 is 1. The zero-order chi connectivity index (χ0) is 14.7. The molecule has 7 heteroatoms. The summed E-state index contributed by atoms with van der Waals surface area (Å²) in [6.07, 6.45) is 3.38. The molecule has 1 aliphatic heterocycles. The Hall–Kier alpha value is -1.89. The van der Waals surface area contributed by atoms with Crippen molar-refractivity contribution in [3.8, 4) is 0 Å². The molecule has 110 valence electrons. The largest absolute Gasteiger partial charge is 0.383 e. The van der Waals surface area contributed by atoms with E-state index >= 15 is 0 Å². The average molecular weight is 280 g/mol. The summed E-state index contributed by atoms with van der Waals surface area (Å²) >= 11 is 0. The molecule has 2 rings (SSSR count). The first-order chi connectivity index (χ1) is 9.54. The van der Waals surface area contributed by atoms with Crippen LogP contribution in [-0.2, 0) is 20.9 Å². The Balaban J connectivity index is 2.24. The molecule has 0 radical (unpaired) electrons. The van der Waals surface area contributed by atoms with E-state index in [-0.39, 0.29) is 24.3 Å². The monoisotopic (exact) mass is 280 g/mol. The summed E-state index contributed by atoms with van der Waals surface area (Å²) in [7, 11) is 1.62. The van der Waals surface area contributed by atoms with Crippen molar-refractivity contribution in [3.05, 3.63) is 12.4 Å². The summed E-state index contributed by atoms with van der Waals surface area (Å²) in [5.41, 5.74) is 0.652. The van der Waals surface area contributed by atoms with E-state index in [2.05, 4.69) is 10.4 Å². The molecule has 0 bridgehead atoms. The Kier molecular flexibility index (Phi) is 4.39. The Bertz CT molecular complexity index is 498. The number of carbonyl (C=O) groups is 2. The van der Waals surface area contributed by atoms with Gasteiger partial charge in [0.2, 0.25) is 11.8 Å². The zero-order valence-electron chi connectivity index (χ0n) is 12.0. The first-order valence-electron chi connectivity index (χ1n) is 6.65. The maximum Gasteiger partial charge on any atom is 0.247 e. The van der Waals surface area contributed by atoms with E-state index in [1.54, 1.807) is 29.1 Å². The quantitative estimate of drug-likeness (QED) is 0.824. The van der Waals surface area contributed by atoms with Gasteiger partial charge in [-0.2, -0.15) is 5.10 Å². The second-order valence-corrected chi connectivity index (χ2v) is 5.12. The van der Waals surface area contributed by atoms with E-state index in [9.17, 15) is 9.59 Å². The predicted octanol–water partition coefficient (Wildman–Crippen LogP) is 0.0169. The Morgan fingerprint density at radius 3 is 2.90 bits per heavy atom. The topological polar surface area (TPSA) is 76.5 Å². The van der Waals surface area contributed by atoms with Crippen LogP contribution in [0.2, 0.25) is 0 Å². The van der Waals surface area contributed by atoms with E-state index in [0.717, 1.165) is 0 Å². The van der Waals surface area contributed by atoms with Crippen LogP contribution in [0.1, 0.15) is 13.8 Å². The highest BCUT2D eigenvalue weighted by atomic mass is 16.5. The number of aromatic nitrogens is 2. The van der Waals surface area contributed by atoms with Crippen LogP contribution >= 0.6 is 0 Å². The summed E-state index contributed by atoms with van der Waals surface area (Å²) < 4.78 is 6.70. The van der Waals surface area contributed by atoms with Crippen LogP contribution in [0.25, 0.3) is 0 Å². The first-order valence-corrected chi connectivity index (χ1v) is 6.65. The van der Waals surface area contributed by atoms with Crippen LogP contribution in [0.4, 0.5) is 5.69 Å². The third kappa shape index (κ3) is 2.82.